The molecule has 0 N–H and O–H groups in total. The molecule has 0 fully saturated rings. The molecule has 0 spiro atoms. The van der Waals surface area contributed by atoms with E-state index in [-0.39, 0.29) is 9.04 Å². The van der Waals surface area contributed by atoms with Gasteiger partial charge in [-0.05, 0) is 19.1 Å². The molecule has 0 radical (unpaired) electrons. The van der Waals surface area contributed by atoms with Crippen molar-refractivity contribution in [2.45, 2.75) is 38.9 Å². The van der Waals surface area contributed by atoms with E-state index in [2.05, 4.69) is 52.5 Å². The van der Waals surface area contributed by atoms with E-state index in [4.69, 9.17) is 0 Å². The summed E-state index contributed by atoms with van der Waals surface area (Å²) in [4.78, 5) is 0. The summed E-state index contributed by atoms with van der Waals surface area (Å²) < 4.78 is 2.49. The maximum absolute atomic E-state index is 2.49. The van der Waals surface area contributed by atoms with Gasteiger partial charge < -0.3 is 4.57 Å². The van der Waals surface area contributed by atoms with Gasteiger partial charge in [0, 0.05) is 9.04 Å². The molecule has 0 atom stereocenters. The number of hydrogen-bond acceptors (Lipinski definition) is 1. The third kappa shape index (κ3) is 4.77. The Hall–Kier alpha value is 0.394. The lowest BCUT2D eigenvalue weighted by Crippen LogP contribution is -2.52. The van der Waals surface area contributed by atoms with E-state index in [1.165, 1.54) is 0 Å². The molecule has 11 heavy (non-hydrogen) atoms. The lowest BCUT2D eigenvalue weighted by molar-refractivity contribution is 0.634. The Morgan fingerprint density at radius 3 is 1.55 bits per heavy atom. The Morgan fingerprint density at radius 2 is 1.45 bits per heavy atom. The van der Waals surface area contributed by atoms with Crippen molar-refractivity contribution in [1.82, 2.24) is 4.57 Å². The summed E-state index contributed by atoms with van der Waals surface area (Å²) >= 11 is 0. The first-order valence-electron chi connectivity index (χ1n) is 4.33. The first-order chi connectivity index (χ1) is 4.65. The van der Waals surface area contributed by atoms with Gasteiger partial charge in [0.25, 0.3) is 0 Å². The third-order valence-corrected chi connectivity index (χ3v) is 14.2. The van der Waals surface area contributed by atoms with Crippen LogP contribution in [0.3, 0.4) is 0 Å². The molecule has 0 saturated carbocycles. The Kier molecular flexibility index (Phi) is 3.53. The predicted octanol–water partition coefficient (Wildman–Crippen LogP) is 1.64. The summed E-state index contributed by atoms with van der Waals surface area (Å²) in [5.74, 6) is 0. The van der Waals surface area contributed by atoms with Gasteiger partial charge in [-0.1, -0.05) is 33.9 Å². The lowest BCUT2D eigenvalue weighted by atomic mass is 10.3. The van der Waals surface area contributed by atoms with E-state index in [9.17, 15) is 0 Å². The standard InChI is InChI=1S/C8H23NSi2/c1-8(2,3)10-11(6,7)9(4)5/h10H2,1-7H3. The molecule has 0 aromatic heterocycles. The van der Waals surface area contributed by atoms with Crippen LogP contribution in [0.4, 0.5) is 0 Å². The summed E-state index contributed by atoms with van der Waals surface area (Å²) in [6.07, 6.45) is 0. The van der Waals surface area contributed by atoms with Gasteiger partial charge in [-0.15, -0.1) is 0 Å². The van der Waals surface area contributed by atoms with E-state index >= 15 is 0 Å². The minimum absolute atomic E-state index is 0.0949. The molecule has 68 valence electrons. The molecule has 0 aliphatic carbocycles. The fourth-order valence-corrected chi connectivity index (χ4v) is 13.1. The van der Waals surface area contributed by atoms with Crippen molar-refractivity contribution in [3.8, 4) is 0 Å². The van der Waals surface area contributed by atoms with Crippen molar-refractivity contribution in [1.29, 1.82) is 0 Å². The highest BCUT2D eigenvalue weighted by atomic mass is 29.2. The van der Waals surface area contributed by atoms with E-state index in [1.54, 1.807) is 0 Å². The number of rotatable bonds is 2. The molecule has 0 amide bonds. The van der Waals surface area contributed by atoms with Crippen molar-refractivity contribution in [3.63, 3.8) is 0 Å². The van der Waals surface area contributed by atoms with Gasteiger partial charge in [0.1, 0.15) is 7.75 Å². The van der Waals surface area contributed by atoms with E-state index in [1.807, 2.05) is 0 Å². The van der Waals surface area contributed by atoms with Gasteiger partial charge in [-0.3, -0.25) is 0 Å². The zero-order chi connectivity index (χ0) is 9.28. The van der Waals surface area contributed by atoms with E-state index in [0.717, 1.165) is 0 Å². The van der Waals surface area contributed by atoms with Gasteiger partial charge >= 0.3 is 0 Å². The van der Waals surface area contributed by atoms with Crippen LogP contribution < -0.4 is 0 Å². The lowest BCUT2D eigenvalue weighted by Gasteiger charge is -2.35. The normalized spacial score (nSPS) is 15.3. The number of hydrogen-bond donors (Lipinski definition) is 0. The highest BCUT2D eigenvalue weighted by molar-refractivity contribution is 7.22. The molecular weight excluding hydrogens is 166 g/mol. The molecule has 0 aromatic carbocycles. The molecule has 0 aromatic rings. The Labute approximate surface area is 74.9 Å². The predicted molar refractivity (Wildman–Crippen MR) is 59.4 cm³/mol. The molecule has 3 heteroatoms. The Bertz CT molecular complexity index is 125. The van der Waals surface area contributed by atoms with Crippen LogP contribution in [0.1, 0.15) is 20.8 Å². The summed E-state index contributed by atoms with van der Waals surface area (Å²) in [5, 5.41) is 0.625. The molecule has 1 nitrogen and oxygen atoms in total. The minimum atomic E-state index is -0.944. The van der Waals surface area contributed by atoms with Crippen LogP contribution in [-0.2, 0) is 0 Å². The Balaban J connectivity index is 4.13. The van der Waals surface area contributed by atoms with Gasteiger partial charge in [0.05, 0.1) is 0 Å². The van der Waals surface area contributed by atoms with Gasteiger partial charge in [0.15, 0.2) is 0 Å². The van der Waals surface area contributed by atoms with Crippen LogP contribution in [0.25, 0.3) is 0 Å². The fourth-order valence-electron chi connectivity index (χ4n) is 1.46. The molecule has 0 aliphatic heterocycles. The summed E-state index contributed by atoms with van der Waals surface area (Å²) in [5.41, 5.74) is 0. The monoisotopic (exact) mass is 189 g/mol. The van der Waals surface area contributed by atoms with Gasteiger partial charge in [0.2, 0.25) is 0 Å². The fraction of sp³-hybridized carbons (Fsp3) is 1.00. The zero-order valence-corrected chi connectivity index (χ0v) is 11.6. The molecule has 0 bridgehead atoms. The first-order valence-corrected chi connectivity index (χ1v) is 10.3. The van der Waals surface area contributed by atoms with Crippen LogP contribution in [0.5, 0.6) is 0 Å². The van der Waals surface area contributed by atoms with Crippen molar-refractivity contribution >= 4 is 16.8 Å². The van der Waals surface area contributed by atoms with Crippen LogP contribution in [0, 0.1) is 0 Å². The average Bonchev–Trinajstić information content (AvgIpc) is 1.56. The van der Waals surface area contributed by atoms with Crippen LogP contribution in [0.2, 0.25) is 18.1 Å². The third-order valence-electron chi connectivity index (χ3n) is 2.17. The number of nitrogens with zero attached hydrogens (tertiary/aromatic N) is 1. The van der Waals surface area contributed by atoms with Crippen molar-refractivity contribution in [2.75, 3.05) is 14.1 Å². The van der Waals surface area contributed by atoms with E-state index in [0.29, 0.717) is 5.04 Å². The smallest absolute Gasteiger partial charge is 0.105 e. The van der Waals surface area contributed by atoms with Crippen LogP contribution in [0.15, 0.2) is 0 Å². The quantitative estimate of drug-likeness (QED) is 0.597. The Morgan fingerprint density at radius 1 is 1.09 bits per heavy atom. The second-order valence-electron chi connectivity index (χ2n) is 5.44. The molecule has 0 unspecified atom stereocenters. The highest BCUT2D eigenvalue weighted by Gasteiger charge is 2.29. The maximum atomic E-state index is 2.49. The summed E-state index contributed by atoms with van der Waals surface area (Å²) in [6, 6.07) is 0. The van der Waals surface area contributed by atoms with E-state index < -0.39 is 7.75 Å². The second kappa shape index (κ2) is 3.41. The van der Waals surface area contributed by atoms with Gasteiger partial charge in [-0.25, -0.2) is 0 Å². The summed E-state index contributed by atoms with van der Waals surface area (Å²) in [7, 11) is 3.63. The second-order valence-corrected chi connectivity index (χ2v) is 18.7. The maximum Gasteiger partial charge on any atom is 0.105 e. The minimum Gasteiger partial charge on any atom is -0.332 e. The van der Waals surface area contributed by atoms with Crippen LogP contribution in [-0.4, -0.2) is 35.5 Å². The van der Waals surface area contributed by atoms with Crippen molar-refractivity contribution in [3.05, 3.63) is 0 Å². The van der Waals surface area contributed by atoms with Crippen LogP contribution >= 0.6 is 0 Å². The zero-order valence-electron chi connectivity index (χ0n) is 9.15. The first kappa shape index (κ1) is 11.4. The van der Waals surface area contributed by atoms with Crippen molar-refractivity contribution < 1.29 is 0 Å². The molecular formula is C8H23NSi2. The highest BCUT2D eigenvalue weighted by Crippen LogP contribution is 2.25. The van der Waals surface area contributed by atoms with Gasteiger partial charge in [-0.2, -0.15) is 0 Å². The SMILES string of the molecule is CN(C)[Si](C)(C)[SiH2]C(C)(C)C. The molecule has 0 saturated heterocycles. The summed E-state index contributed by atoms with van der Waals surface area (Å²) in [6.45, 7) is 12.1. The average molecular weight is 189 g/mol. The largest absolute Gasteiger partial charge is 0.332 e. The molecule has 0 rings (SSSR count). The molecule has 0 heterocycles. The molecule has 0 aliphatic rings. The topological polar surface area (TPSA) is 3.24 Å². The van der Waals surface area contributed by atoms with Crippen molar-refractivity contribution in [2.24, 2.45) is 0 Å².